The summed E-state index contributed by atoms with van der Waals surface area (Å²) in [7, 11) is 1.95. The monoisotopic (exact) mass is 304 g/mol. The van der Waals surface area contributed by atoms with Gasteiger partial charge in [-0.1, -0.05) is 36.4 Å². The third-order valence-corrected chi connectivity index (χ3v) is 3.48. The van der Waals surface area contributed by atoms with E-state index in [9.17, 15) is 8.78 Å². The Hall–Kier alpha value is -1.78. The summed E-state index contributed by atoms with van der Waals surface area (Å²) in [6.45, 7) is 2.23. The molecule has 1 N–H and O–H groups in total. The first-order valence-corrected chi connectivity index (χ1v) is 7.52. The largest absolute Gasteiger partial charge is 0.304 e. The Bertz CT molecular complexity index is 573. The van der Waals surface area contributed by atoms with Crippen LogP contribution in [0.15, 0.2) is 48.5 Å². The van der Waals surface area contributed by atoms with Gasteiger partial charge in [0, 0.05) is 13.2 Å². The van der Waals surface area contributed by atoms with E-state index in [4.69, 9.17) is 0 Å². The molecule has 0 bridgehead atoms. The fraction of sp³-hybridized carbons (Fsp3) is 0.333. The fourth-order valence-corrected chi connectivity index (χ4v) is 2.34. The zero-order chi connectivity index (χ0) is 15.8. The van der Waals surface area contributed by atoms with Gasteiger partial charge in [0.15, 0.2) is 11.6 Å². The van der Waals surface area contributed by atoms with Gasteiger partial charge in [-0.3, -0.25) is 4.90 Å². The Balaban J connectivity index is 1.63. The average molecular weight is 304 g/mol. The highest BCUT2D eigenvalue weighted by Gasteiger charge is 2.05. The highest BCUT2D eigenvalue weighted by molar-refractivity contribution is 5.17. The van der Waals surface area contributed by atoms with Crippen LogP contribution in [0, 0.1) is 11.6 Å². The van der Waals surface area contributed by atoms with Gasteiger partial charge in [-0.2, -0.15) is 0 Å². The number of nitrogens with one attached hydrogen (secondary N) is 1. The second kappa shape index (κ2) is 8.61. The Kier molecular flexibility index (Phi) is 6.49. The second-order valence-electron chi connectivity index (χ2n) is 5.51. The number of benzene rings is 2. The topological polar surface area (TPSA) is 15.3 Å². The van der Waals surface area contributed by atoms with Gasteiger partial charge < -0.3 is 5.32 Å². The average Bonchev–Trinajstić information content (AvgIpc) is 2.52. The molecule has 0 unspecified atom stereocenters. The molecule has 2 rings (SSSR count). The molecule has 0 atom stereocenters. The summed E-state index contributed by atoms with van der Waals surface area (Å²) >= 11 is 0. The van der Waals surface area contributed by atoms with E-state index in [2.05, 4.69) is 29.6 Å². The Labute approximate surface area is 130 Å². The molecule has 2 nitrogen and oxygen atoms in total. The van der Waals surface area contributed by atoms with Crippen molar-refractivity contribution in [3.63, 3.8) is 0 Å². The van der Waals surface area contributed by atoms with Crippen molar-refractivity contribution in [2.75, 3.05) is 20.3 Å². The highest BCUT2D eigenvalue weighted by Crippen LogP contribution is 2.10. The Morgan fingerprint density at radius 3 is 2.45 bits per heavy atom. The summed E-state index contributed by atoms with van der Waals surface area (Å²) in [5.74, 6) is -1.59. The SMILES string of the molecule is CN(CNCCCc1ccccc1)Cc1ccc(F)c(F)c1. The van der Waals surface area contributed by atoms with Crippen LogP contribution in [0.2, 0.25) is 0 Å². The molecule has 2 aromatic carbocycles. The minimum atomic E-state index is -0.801. The smallest absolute Gasteiger partial charge is 0.159 e. The van der Waals surface area contributed by atoms with Gasteiger partial charge in [0.1, 0.15) is 0 Å². The first kappa shape index (κ1) is 16.6. The van der Waals surface area contributed by atoms with Crippen molar-refractivity contribution < 1.29 is 8.78 Å². The lowest BCUT2D eigenvalue weighted by Gasteiger charge is -2.17. The maximum absolute atomic E-state index is 13.1. The zero-order valence-electron chi connectivity index (χ0n) is 12.9. The number of nitrogens with zero attached hydrogens (tertiary/aromatic N) is 1. The van der Waals surface area contributed by atoms with Crippen LogP contribution in [0.5, 0.6) is 0 Å². The van der Waals surface area contributed by atoms with Crippen molar-refractivity contribution in [3.8, 4) is 0 Å². The summed E-state index contributed by atoms with van der Waals surface area (Å²) in [5, 5.41) is 3.36. The molecular weight excluding hydrogens is 282 g/mol. The van der Waals surface area contributed by atoms with Gasteiger partial charge in [0.05, 0.1) is 0 Å². The van der Waals surface area contributed by atoms with Crippen molar-refractivity contribution in [3.05, 3.63) is 71.3 Å². The van der Waals surface area contributed by atoms with Crippen molar-refractivity contribution in [1.29, 1.82) is 0 Å². The lowest BCUT2D eigenvalue weighted by Crippen LogP contribution is -2.31. The molecule has 0 aromatic heterocycles. The molecule has 4 heteroatoms. The minimum absolute atomic E-state index is 0.586. The molecule has 0 fully saturated rings. The number of hydrogen-bond acceptors (Lipinski definition) is 2. The number of halogens is 2. The molecule has 0 saturated heterocycles. The maximum atomic E-state index is 13.1. The van der Waals surface area contributed by atoms with Gasteiger partial charge in [-0.05, 0) is 49.7 Å². The third-order valence-electron chi connectivity index (χ3n) is 3.48. The van der Waals surface area contributed by atoms with Crippen LogP contribution < -0.4 is 5.32 Å². The summed E-state index contributed by atoms with van der Waals surface area (Å²) in [4.78, 5) is 2.04. The van der Waals surface area contributed by atoms with Crippen LogP contribution >= 0.6 is 0 Å². The van der Waals surface area contributed by atoms with Crippen LogP contribution in [0.1, 0.15) is 17.5 Å². The van der Waals surface area contributed by atoms with Gasteiger partial charge in [0.2, 0.25) is 0 Å². The van der Waals surface area contributed by atoms with Crippen molar-refractivity contribution >= 4 is 0 Å². The highest BCUT2D eigenvalue weighted by atomic mass is 19.2. The van der Waals surface area contributed by atoms with Crippen LogP contribution in [0.25, 0.3) is 0 Å². The predicted octanol–water partition coefficient (Wildman–Crippen LogP) is 3.58. The maximum Gasteiger partial charge on any atom is 0.159 e. The van der Waals surface area contributed by atoms with E-state index < -0.39 is 11.6 Å². The van der Waals surface area contributed by atoms with Gasteiger partial charge >= 0.3 is 0 Å². The van der Waals surface area contributed by atoms with Crippen LogP contribution in [0.4, 0.5) is 8.78 Å². The molecule has 0 saturated carbocycles. The molecular formula is C18H22F2N2. The molecule has 0 spiro atoms. The summed E-state index contributed by atoms with van der Waals surface area (Å²) in [6.07, 6.45) is 2.13. The van der Waals surface area contributed by atoms with Gasteiger partial charge in [0.25, 0.3) is 0 Å². The summed E-state index contributed by atoms with van der Waals surface area (Å²) < 4.78 is 26.0. The standard InChI is InChI=1S/C18H22F2N2/c1-22(13-16-9-10-17(19)18(20)12-16)14-21-11-5-8-15-6-3-2-4-7-15/h2-4,6-7,9-10,12,21H,5,8,11,13-14H2,1H3. The van der Waals surface area contributed by atoms with Crippen LogP contribution in [0.3, 0.4) is 0 Å². The molecule has 0 radical (unpaired) electrons. The van der Waals surface area contributed by atoms with Gasteiger partial charge in [-0.25, -0.2) is 8.78 Å². The molecule has 0 aliphatic heterocycles. The molecule has 0 heterocycles. The molecule has 22 heavy (non-hydrogen) atoms. The first-order valence-electron chi connectivity index (χ1n) is 7.52. The lowest BCUT2D eigenvalue weighted by molar-refractivity contribution is 0.298. The predicted molar refractivity (Wildman–Crippen MR) is 85.5 cm³/mol. The molecule has 0 aliphatic carbocycles. The van der Waals surface area contributed by atoms with Crippen LogP contribution in [-0.2, 0) is 13.0 Å². The Morgan fingerprint density at radius 2 is 1.73 bits per heavy atom. The van der Waals surface area contributed by atoms with E-state index in [-0.39, 0.29) is 0 Å². The van der Waals surface area contributed by atoms with Crippen molar-refractivity contribution in [2.45, 2.75) is 19.4 Å². The third kappa shape index (κ3) is 5.54. The second-order valence-corrected chi connectivity index (χ2v) is 5.51. The number of hydrogen-bond donors (Lipinski definition) is 1. The quantitative estimate of drug-likeness (QED) is 0.592. The lowest BCUT2D eigenvalue weighted by atomic mass is 10.1. The molecule has 2 aromatic rings. The van der Waals surface area contributed by atoms with E-state index in [1.54, 1.807) is 6.07 Å². The zero-order valence-corrected chi connectivity index (χ0v) is 12.9. The molecule has 0 aliphatic rings. The number of aryl methyl sites for hydroxylation is 1. The molecule has 118 valence electrons. The van der Waals surface area contributed by atoms with E-state index in [1.165, 1.54) is 17.7 Å². The van der Waals surface area contributed by atoms with E-state index in [0.29, 0.717) is 13.2 Å². The summed E-state index contributed by atoms with van der Waals surface area (Å²) in [6, 6.07) is 14.4. The number of rotatable bonds is 8. The van der Waals surface area contributed by atoms with E-state index >= 15 is 0 Å². The van der Waals surface area contributed by atoms with E-state index in [1.807, 2.05) is 18.0 Å². The summed E-state index contributed by atoms with van der Waals surface area (Å²) in [5.41, 5.74) is 2.12. The first-order chi connectivity index (χ1) is 10.6. The minimum Gasteiger partial charge on any atom is -0.304 e. The van der Waals surface area contributed by atoms with Crippen LogP contribution in [-0.4, -0.2) is 25.2 Å². The van der Waals surface area contributed by atoms with Crippen molar-refractivity contribution in [1.82, 2.24) is 10.2 Å². The van der Waals surface area contributed by atoms with Gasteiger partial charge in [-0.15, -0.1) is 0 Å². The fourth-order valence-electron chi connectivity index (χ4n) is 2.34. The normalized spacial score (nSPS) is 11.1. The molecule has 0 amide bonds. The van der Waals surface area contributed by atoms with E-state index in [0.717, 1.165) is 24.9 Å². The Morgan fingerprint density at radius 1 is 0.955 bits per heavy atom. The van der Waals surface area contributed by atoms with Crippen molar-refractivity contribution in [2.24, 2.45) is 0 Å².